The van der Waals surface area contributed by atoms with Crippen LogP contribution in [0.4, 0.5) is 0 Å². The summed E-state index contributed by atoms with van der Waals surface area (Å²) in [5, 5.41) is 3.22. The van der Waals surface area contributed by atoms with Crippen LogP contribution < -0.4 is 11.1 Å². The highest BCUT2D eigenvalue weighted by Gasteiger charge is 2.44. The van der Waals surface area contributed by atoms with Gasteiger partial charge in [0.25, 0.3) is 0 Å². The minimum Gasteiger partial charge on any atom is -0.345 e. The molecule has 3 nitrogen and oxygen atoms in total. The largest absolute Gasteiger partial charge is 0.345 e. The van der Waals surface area contributed by atoms with Gasteiger partial charge < -0.3 is 11.1 Å². The first-order valence-electron chi connectivity index (χ1n) is 7.70. The summed E-state index contributed by atoms with van der Waals surface area (Å²) >= 11 is 0. The molecule has 2 aliphatic rings. The van der Waals surface area contributed by atoms with Gasteiger partial charge in [0.05, 0.1) is 5.54 Å². The Labute approximate surface area is 120 Å². The van der Waals surface area contributed by atoms with Crippen LogP contribution in [0.25, 0.3) is 0 Å². The summed E-state index contributed by atoms with van der Waals surface area (Å²) < 4.78 is 0. The molecule has 20 heavy (non-hydrogen) atoms. The molecule has 1 aromatic carbocycles. The number of hydrogen-bond donors (Lipinski definition) is 2. The molecular weight excluding hydrogens is 248 g/mol. The Morgan fingerprint density at radius 3 is 2.60 bits per heavy atom. The van der Waals surface area contributed by atoms with Gasteiger partial charge in [0.2, 0.25) is 5.91 Å². The van der Waals surface area contributed by atoms with Crippen molar-refractivity contribution >= 4 is 5.91 Å². The van der Waals surface area contributed by atoms with Gasteiger partial charge >= 0.3 is 0 Å². The summed E-state index contributed by atoms with van der Waals surface area (Å²) in [4.78, 5) is 12.6. The number of rotatable bonds is 4. The number of hydrogen-bond acceptors (Lipinski definition) is 2. The lowest BCUT2D eigenvalue weighted by Crippen LogP contribution is -2.51. The third kappa shape index (κ3) is 2.35. The fourth-order valence-corrected chi connectivity index (χ4v) is 3.98. The van der Waals surface area contributed by atoms with E-state index in [1.165, 1.54) is 19.3 Å². The van der Waals surface area contributed by atoms with Gasteiger partial charge in [-0.25, -0.2) is 0 Å². The normalized spacial score (nSPS) is 31.0. The number of nitrogens with two attached hydrogens (primary N) is 1. The predicted molar refractivity (Wildman–Crippen MR) is 79.9 cm³/mol. The van der Waals surface area contributed by atoms with Gasteiger partial charge in [0.15, 0.2) is 0 Å². The van der Waals surface area contributed by atoms with Crippen LogP contribution in [-0.4, -0.2) is 12.5 Å². The Kier molecular flexibility index (Phi) is 3.55. The average molecular weight is 272 g/mol. The van der Waals surface area contributed by atoms with Crippen LogP contribution >= 0.6 is 0 Å². The number of fused-ring (bicyclic) bond motifs is 2. The summed E-state index contributed by atoms with van der Waals surface area (Å²) in [6.45, 7) is 2.44. The average Bonchev–Trinajstić information content (AvgIpc) is 3.11. The van der Waals surface area contributed by atoms with Crippen LogP contribution in [0, 0.1) is 17.8 Å². The van der Waals surface area contributed by atoms with E-state index < -0.39 is 5.54 Å². The Morgan fingerprint density at radius 1 is 1.30 bits per heavy atom. The molecule has 4 atom stereocenters. The second kappa shape index (κ2) is 5.21. The van der Waals surface area contributed by atoms with Crippen molar-refractivity contribution in [2.24, 2.45) is 23.5 Å². The van der Waals surface area contributed by atoms with Gasteiger partial charge in [-0.05, 0) is 43.6 Å². The fraction of sp³-hybridized carbons (Fsp3) is 0.588. The number of carbonyl (C=O) groups is 1. The molecule has 3 heteroatoms. The van der Waals surface area contributed by atoms with Crippen LogP contribution in [0.15, 0.2) is 30.3 Å². The lowest BCUT2D eigenvalue weighted by Gasteiger charge is -2.33. The van der Waals surface area contributed by atoms with Gasteiger partial charge in [0.1, 0.15) is 0 Å². The zero-order valence-electron chi connectivity index (χ0n) is 12.1. The molecule has 0 heterocycles. The Bertz CT molecular complexity index is 487. The first-order chi connectivity index (χ1) is 9.62. The van der Waals surface area contributed by atoms with E-state index in [1.54, 1.807) is 0 Å². The lowest BCUT2D eigenvalue weighted by molar-refractivity contribution is -0.128. The zero-order valence-corrected chi connectivity index (χ0v) is 12.1. The molecule has 3 N–H and O–H groups in total. The first kappa shape index (κ1) is 13.6. The van der Waals surface area contributed by atoms with E-state index in [0.29, 0.717) is 12.5 Å². The second-order valence-electron chi connectivity index (χ2n) is 6.67. The number of amides is 1. The van der Waals surface area contributed by atoms with Crippen molar-refractivity contribution in [3.63, 3.8) is 0 Å². The number of carbonyl (C=O) groups excluding carboxylic acids is 1. The van der Waals surface area contributed by atoms with Crippen molar-refractivity contribution in [3.8, 4) is 0 Å². The summed E-state index contributed by atoms with van der Waals surface area (Å²) in [5.41, 5.74) is 6.57. The van der Waals surface area contributed by atoms with Crippen LogP contribution in [0.3, 0.4) is 0 Å². The standard InChI is InChI=1S/C17H24N2O/c1-17(11-18,14-5-3-2-4-6-14)19-16(20)15-10-12-7-8-13(15)9-12/h2-6,12-13,15H,7-11,18H2,1H3,(H,19,20). The quantitative estimate of drug-likeness (QED) is 0.884. The van der Waals surface area contributed by atoms with E-state index in [-0.39, 0.29) is 11.8 Å². The molecule has 0 aliphatic heterocycles. The van der Waals surface area contributed by atoms with Crippen LogP contribution in [0.1, 0.15) is 38.2 Å². The van der Waals surface area contributed by atoms with E-state index >= 15 is 0 Å². The molecule has 2 aliphatic carbocycles. The summed E-state index contributed by atoms with van der Waals surface area (Å²) in [6, 6.07) is 10.0. The van der Waals surface area contributed by atoms with Crippen LogP contribution in [0.5, 0.6) is 0 Å². The van der Waals surface area contributed by atoms with Crippen molar-refractivity contribution in [1.29, 1.82) is 0 Å². The minimum atomic E-state index is -0.458. The Morgan fingerprint density at radius 2 is 2.05 bits per heavy atom. The maximum absolute atomic E-state index is 12.6. The lowest BCUT2D eigenvalue weighted by atomic mass is 9.86. The first-order valence-corrected chi connectivity index (χ1v) is 7.70. The molecular formula is C17H24N2O. The molecule has 0 saturated heterocycles. The molecule has 1 amide bonds. The van der Waals surface area contributed by atoms with Crippen LogP contribution in [0.2, 0.25) is 0 Å². The minimum absolute atomic E-state index is 0.203. The fourth-order valence-electron chi connectivity index (χ4n) is 3.98. The highest BCUT2D eigenvalue weighted by molar-refractivity contribution is 5.80. The summed E-state index contributed by atoms with van der Waals surface area (Å²) in [7, 11) is 0. The van der Waals surface area contributed by atoms with E-state index in [0.717, 1.165) is 17.9 Å². The Hall–Kier alpha value is -1.35. The van der Waals surface area contributed by atoms with Crippen LogP contribution in [-0.2, 0) is 10.3 Å². The van der Waals surface area contributed by atoms with Crippen molar-refractivity contribution in [1.82, 2.24) is 5.32 Å². The summed E-state index contributed by atoms with van der Waals surface area (Å²) in [5.74, 6) is 1.81. The number of benzene rings is 1. The highest BCUT2D eigenvalue weighted by atomic mass is 16.2. The molecule has 1 aromatic rings. The number of nitrogens with one attached hydrogen (secondary N) is 1. The molecule has 2 fully saturated rings. The van der Waals surface area contributed by atoms with Crippen molar-refractivity contribution in [2.75, 3.05) is 6.54 Å². The molecule has 2 bridgehead atoms. The van der Waals surface area contributed by atoms with E-state index in [4.69, 9.17) is 5.73 Å². The highest BCUT2D eigenvalue weighted by Crippen LogP contribution is 2.48. The summed E-state index contributed by atoms with van der Waals surface area (Å²) in [6.07, 6.45) is 4.88. The monoisotopic (exact) mass is 272 g/mol. The molecule has 4 unspecified atom stereocenters. The van der Waals surface area contributed by atoms with Gasteiger partial charge in [-0.1, -0.05) is 36.8 Å². The third-order valence-electron chi connectivity index (χ3n) is 5.29. The SMILES string of the molecule is CC(CN)(NC(=O)C1CC2CCC1C2)c1ccccc1. The van der Waals surface area contributed by atoms with Gasteiger partial charge in [-0.2, -0.15) is 0 Å². The van der Waals surface area contributed by atoms with Gasteiger partial charge in [0, 0.05) is 12.5 Å². The maximum atomic E-state index is 12.6. The van der Waals surface area contributed by atoms with Gasteiger partial charge in [-0.3, -0.25) is 4.79 Å². The van der Waals surface area contributed by atoms with E-state index in [2.05, 4.69) is 5.32 Å². The second-order valence-corrected chi connectivity index (χ2v) is 6.67. The van der Waals surface area contributed by atoms with Crippen molar-refractivity contribution in [3.05, 3.63) is 35.9 Å². The molecule has 0 aromatic heterocycles. The Balaban J connectivity index is 1.73. The van der Waals surface area contributed by atoms with E-state index in [1.807, 2.05) is 37.3 Å². The van der Waals surface area contributed by atoms with Crippen molar-refractivity contribution < 1.29 is 4.79 Å². The third-order valence-corrected chi connectivity index (χ3v) is 5.29. The molecule has 108 valence electrons. The van der Waals surface area contributed by atoms with Crippen molar-refractivity contribution in [2.45, 2.75) is 38.1 Å². The molecule has 0 radical (unpaired) electrons. The van der Waals surface area contributed by atoms with E-state index in [9.17, 15) is 4.79 Å². The molecule has 0 spiro atoms. The van der Waals surface area contributed by atoms with Gasteiger partial charge in [-0.15, -0.1) is 0 Å². The predicted octanol–water partition coefficient (Wildman–Crippen LogP) is 2.41. The smallest absolute Gasteiger partial charge is 0.224 e. The maximum Gasteiger partial charge on any atom is 0.224 e. The molecule has 2 saturated carbocycles. The molecule has 3 rings (SSSR count). The zero-order chi connectivity index (χ0) is 14.2. The topological polar surface area (TPSA) is 55.1 Å².